The third-order valence-electron chi connectivity index (χ3n) is 2.63. The summed E-state index contributed by atoms with van der Waals surface area (Å²) in [5.41, 5.74) is 6.96. The summed E-state index contributed by atoms with van der Waals surface area (Å²) < 4.78 is 1.50. The van der Waals surface area contributed by atoms with Gasteiger partial charge in [-0.1, -0.05) is 18.2 Å². The molecule has 0 fully saturated rings. The molecule has 2 aromatic heterocycles. The lowest BCUT2D eigenvalue weighted by atomic mass is 10.1. The first kappa shape index (κ1) is 10.4. The first-order chi connectivity index (χ1) is 8.75. The van der Waals surface area contributed by atoms with Gasteiger partial charge in [-0.2, -0.15) is 5.10 Å². The maximum Gasteiger partial charge on any atom is 0.166 e. The largest absolute Gasteiger partial charge is 0.384 e. The van der Waals surface area contributed by atoms with E-state index in [0.29, 0.717) is 11.4 Å². The van der Waals surface area contributed by atoms with E-state index in [1.807, 2.05) is 30.3 Å². The fourth-order valence-electron chi connectivity index (χ4n) is 1.80. The van der Waals surface area contributed by atoms with Crippen LogP contribution < -0.4 is 5.73 Å². The van der Waals surface area contributed by atoms with Crippen molar-refractivity contribution in [3.63, 3.8) is 0 Å². The molecule has 0 bridgehead atoms. The van der Waals surface area contributed by atoms with Gasteiger partial charge < -0.3 is 5.73 Å². The molecule has 0 atom stereocenters. The molecule has 0 spiro atoms. The second-order valence-electron chi connectivity index (χ2n) is 3.81. The predicted molar refractivity (Wildman–Crippen MR) is 67.7 cm³/mol. The van der Waals surface area contributed by atoms with E-state index in [0.717, 1.165) is 10.9 Å². The number of nitrogens with one attached hydrogen (secondary N) is 1. The molecule has 0 aliphatic carbocycles. The van der Waals surface area contributed by atoms with Gasteiger partial charge in [0.25, 0.3) is 0 Å². The first-order valence-electron chi connectivity index (χ1n) is 5.35. The van der Waals surface area contributed by atoms with Crippen LogP contribution >= 0.6 is 0 Å². The van der Waals surface area contributed by atoms with Crippen LogP contribution in [0, 0.1) is 5.41 Å². The molecule has 2 heterocycles. The molecular formula is C12H10N6. The summed E-state index contributed by atoms with van der Waals surface area (Å²) in [5, 5.41) is 12.6. The highest BCUT2D eigenvalue weighted by molar-refractivity contribution is 6.01. The number of amidine groups is 1. The van der Waals surface area contributed by atoms with Crippen molar-refractivity contribution in [2.75, 3.05) is 0 Å². The number of benzene rings is 1. The van der Waals surface area contributed by atoms with Gasteiger partial charge in [-0.15, -0.1) is 0 Å². The Balaban J connectivity index is 2.34. The van der Waals surface area contributed by atoms with E-state index in [9.17, 15) is 0 Å². The summed E-state index contributed by atoms with van der Waals surface area (Å²) in [6, 6.07) is 9.50. The van der Waals surface area contributed by atoms with Crippen molar-refractivity contribution in [3.8, 4) is 5.82 Å². The predicted octanol–water partition coefficient (Wildman–Crippen LogP) is 1.10. The average molecular weight is 238 g/mol. The Morgan fingerprint density at radius 3 is 2.83 bits per heavy atom. The topological polar surface area (TPSA) is 93.5 Å². The monoisotopic (exact) mass is 238 g/mol. The molecule has 0 aliphatic heterocycles. The Morgan fingerprint density at radius 2 is 2.11 bits per heavy atom. The van der Waals surface area contributed by atoms with Crippen LogP contribution in [0.2, 0.25) is 0 Å². The first-order valence-corrected chi connectivity index (χ1v) is 5.35. The molecule has 6 heteroatoms. The summed E-state index contributed by atoms with van der Waals surface area (Å²) in [6.07, 6.45) is 2.95. The van der Waals surface area contributed by atoms with Gasteiger partial charge in [0.2, 0.25) is 0 Å². The molecular weight excluding hydrogens is 228 g/mol. The van der Waals surface area contributed by atoms with Crippen LogP contribution in [0.25, 0.3) is 16.7 Å². The highest BCUT2D eigenvalue weighted by atomic mass is 15.3. The van der Waals surface area contributed by atoms with Crippen molar-refractivity contribution in [1.29, 1.82) is 5.41 Å². The van der Waals surface area contributed by atoms with Crippen molar-refractivity contribution in [2.45, 2.75) is 0 Å². The lowest BCUT2D eigenvalue weighted by molar-refractivity contribution is 0.848. The Kier molecular flexibility index (Phi) is 2.26. The van der Waals surface area contributed by atoms with Crippen molar-refractivity contribution in [1.82, 2.24) is 19.7 Å². The third-order valence-corrected chi connectivity index (χ3v) is 2.63. The molecule has 1 aromatic carbocycles. The Hall–Kier alpha value is -2.76. The second-order valence-corrected chi connectivity index (χ2v) is 3.81. The Labute approximate surface area is 103 Å². The highest BCUT2D eigenvalue weighted by Gasteiger charge is 2.11. The minimum Gasteiger partial charge on any atom is -0.384 e. The number of pyridine rings is 1. The fourth-order valence-corrected chi connectivity index (χ4v) is 1.80. The van der Waals surface area contributed by atoms with Crippen LogP contribution in [0.15, 0.2) is 43.0 Å². The summed E-state index contributed by atoms with van der Waals surface area (Å²) in [5.74, 6) is 0.470. The van der Waals surface area contributed by atoms with Gasteiger partial charge in [0.05, 0.1) is 11.1 Å². The molecule has 0 radical (unpaired) electrons. The van der Waals surface area contributed by atoms with Gasteiger partial charge >= 0.3 is 0 Å². The Bertz CT molecular complexity index is 717. The molecule has 3 aromatic rings. The standard InChI is InChI=1S/C12H10N6/c13-11(14)9-5-8-3-1-2-4-10(8)17-12(9)18-7-15-6-16-18/h1-7H,(H3,13,14). The molecule has 3 N–H and O–H groups in total. The minimum atomic E-state index is -0.0428. The highest BCUT2D eigenvalue weighted by Crippen LogP contribution is 2.18. The number of rotatable bonds is 2. The van der Waals surface area contributed by atoms with Gasteiger partial charge in [-0.05, 0) is 12.1 Å². The summed E-state index contributed by atoms with van der Waals surface area (Å²) in [7, 11) is 0. The summed E-state index contributed by atoms with van der Waals surface area (Å²) in [6.45, 7) is 0. The summed E-state index contributed by atoms with van der Waals surface area (Å²) in [4.78, 5) is 8.36. The van der Waals surface area contributed by atoms with E-state index in [4.69, 9.17) is 11.1 Å². The number of nitrogens with two attached hydrogens (primary N) is 1. The zero-order valence-electron chi connectivity index (χ0n) is 9.41. The van der Waals surface area contributed by atoms with E-state index in [1.54, 1.807) is 0 Å². The van der Waals surface area contributed by atoms with E-state index in [-0.39, 0.29) is 5.84 Å². The Morgan fingerprint density at radius 1 is 1.28 bits per heavy atom. The van der Waals surface area contributed by atoms with Crippen LogP contribution in [-0.2, 0) is 0 Å². The molecule has 88 valence electrons. The van der Waals surface area contributed by atoms with Gasteiger partial charge in [0.1, 0.15) is 18.5 Å². The lowest BCUT2D eigenvalue weighted by Crippen LogP contribution is -2.16. The van der Waals surface area contributed by atoms with Crippen molar-refractivity contribution in [3.05, 3.63) is 48.5 Å². The zero-order chi connectivity index (χ0) is 12.5. The maximum absolute atomic E-state index is 7.63. The van der Waals surface area contributed by atoms with Crippen LogP contribution in [-0.4, -0.2) is 25.6 Å². The molecule has 0 saturated carbocycles. The molecule has 0 saturated heterocycles. The van der Waals surface area contributed by atoms with E-state index < -0.39 is 0 Å². The van der Waals surface area contributed by atoms with Crippen LogP contribution in [0.1, 0.15) is 5.56 Å². The normalized spacial score (nSPS) is 10.7. The van der Waals surface area contributed by atoms with Gasteiger partial charge in [-0.3, -0.25) is 5.41 Å². The average Bonchev–Trinajstić information content (AvgIpc) is 2.91. The van der Waals surface area contributed by atoms with E-state index >= 15 is 0 Å². The minimum absolute atomic E-state index is 0.0428. The SMILES string of the molecule is N=C(N)c1cc2ccccc2nc1-n1cncn1. The number of nitrogen functional groups attached to an aromatic ring is 1. The van der Waals surface area contributed by atoms with Crippen molar-refractivity contribution >= 4 is 16.7 Å². The van der Waals surface area contributed by atoms with Crippen molar-refractivity contribution in [2.24, 2.45) is 5.73 Å². The molecule has 3 rings (SSSR count). The van der Waals surface area contributed by atoms with Crippen LogP contribution in [0.5, 0.6) is 0 Å². The fraction of sp³-hybridized carbons (Fsp3) is 0. The second kappa shape index (κ2) is 3.92. The molecule has 0 amide bonds. The number of para-hydroxylation sites is 1. The third kappa shape index (κ3) is 1.60. The molecule has 18 heavy (non-hydrogen) atoms. The quantitative estimate of drug-likeness (QED) is 0.516. The molecule has 0 aliphatic rings. The van der Waals surface area contributed by atoms with Gasteiger partial charge in [-0.25, -0.2) is 14.6 Å². The number of nitrogens with zero attached hydrogens (tertiary/aromatic N) is 4. The number of hydrogen-bond acceptors (Lipinski definition) is 4. The van der Waals surface area contributed by atoms with E-state index in [1.165, 1.54) is 17.3 Å². The maximum atomic E-state index is 7.63. The number of hydrogen-bond donors (Lipinski definition) is 2. The molecule has 0 unspecified atom stereocenters. The van der Waals surface area contributed by atoms with E-state index in [2.05, 4.69) is 15.1 Å². The summed E-state index contributed by atoms with van der Waals surface area (Å²) >= 11 is 0. The van der Waals surface area contributed by atoms with Crippen LogP contribution in [0.4, 0.5) is 0 Å². The number of aromatic nitrogens is 4. The van der Waals surface area contributed by atoms with Gasteiger partial charge in [0, 0.05) is 5.39 Å². The lowest BCUT2D eigenvalue weighted by Gasteiger charge is -2.08. The smallest absolute Gasteiger partial charge is 0.166 e. The zero-order valence-corrected chi connectivity index (χ0v) is 9.41. The number of fused-ring (bicyclic) bond motifs is 1. The van der Waals surface area contributed by atoms with Crippen LogP contribution in [0.3, 0.4) is 0 Å². The molecule has 6 nitrogen and oxygen atoms in total. The van der Waals surface area contributed by atoms with Crippen molar-refractivity contribution < 1.29 is 0 Å². The van der Waals surface area contributed by atoms with Gasteiger partial charge in [0.15, 0.2) is 5.82 Å².